The third kappa shape index (κ3) is 4.44. The zero-order chi connectivity index (χ0) is 17.7. The van der Waals surface area contributed by atoms with Gasteiger partial charge in [-0.15, -0.1) is 0 Å². The average Bonchev–Trinajstić information content (AvgIpc) is 2.98. The third-order valence-electron chi connectivity index (χ3n) is 4.13. The van der Waals surface area contributed by atoms with Crippen molar-refractivity contribution in [2.24, 2.45) is 5.14 Å². The van der Waals surface area contributed by atoms with Crippen LogP contribution in [0.2, 0.25) is 0 Å². The first-order valence-electron chi connectivity index (χ1n) is 7.70. The highest BCUT2D eigenvalue weighted by atomic mass is 32.2. The van der Waals surface area contributed by atoms with Gasteiger partial charge in [0.25, 0.3) is 5.91 Å². The molecule has 2 rings (SSSR count). The quantitative estimate of drug-likeness (QED) is 0.606. The smallest absolute Gasteiger partial charge is 0.255 e. The summed E-state index contributed by atoms with van der Waals surface area (Å²) in [4.78, 5) is 14.4. The highest BCUT2D eigenvalue weighted by Gasteiger charge is 2.25. The molecule has 4 N–H and O–H groups in total. The summed E-state index contributed by atoms with van der Waals surface area (Å²) in [6.07, 6.45) is 1.96. The molecule has 1 aromatic rings. The van der Waals surface area contributed by atoms with Crippen LogP contribution >= 0.6 is 0 Å². The Bertz CT molecular complexity index is 692. The number of primary sulfonamides is 1. The molecule has 0 saturated carbocycles. The second-order valence-electron chi connectivity index (χ2n) is 5.67. The van der Waals surface area contributed by atoms with E-state index in [4.69, 9.17) is 15.0 Å². The largest absolute Gasteiger partial charge is 0.496 e. The SMILES string of the molecule is COc1ccc(S(N)(=O)=O)cc1C(=O)NCC1CCCN1CCO. The summed E-state index contributed by atoms with van der Waals surface area (Å²) >= 11 is 0. The highest BCUT2D eigenvalue weighted by Crippen LogP contribution is 2.22. The Balaban J connectivity index is 2.11. The number of hydrogen-bond acceptors (Lipinski definition) is 6. The lowest BCUT2D eigenvalue weighted by Gasteiger charge is -2.23. The van der Waals surface area contributed by atoms with Crippen molar-refractivity contribution in [3.05, 3.63) is 23.8 Å². The molecule has 134 valence electrons. The van der Waals surface area contributed by atoms with Gasteiger partial charge in [-0.1, -0.05) is 0 Å². The van der Waals surface area contributed by atoms with Crippen LogP contribution in [0.3, 0.4) is 0 Å². The number of carbonyl (C=O) groups is 1. The number of amides is 1. The average molecular weight is 357 g/mol. The van der Waals surface area contributed by atoms with E-state index in [1.54, 1.807) is 0 Å². The van der Waals surface area contributed by atoms with Gasteiger partial charge in [-0.2, -0.15) is 0 Å². The first-order valence-corrected chi connectivity index (χ1v) is 9.25. The zero-order valence-electron chi connectivity index (χ0n) is 13.6. The molecule has 9 heteroatoms. The minimum atomic E-state index is -3.90. The molecule has 0 aliphatic carbocycles. The molecule has 8 nitrogen and oxygen atoms in total. The fourth-order valence-electron chi connectivity index (χ4n) is 2.90. The van der Waals surface area contributed by atoms with Crippen LogP contribution in [0.25, 0.3) is 0 Å². The van der Waals surface area contributed by atoms with Crippen molar-refractivity contribution < 1.29 is 23.1 Å². The van der Waals surface area contributed by atoms with Crippen LogP contribution in [0.5, 0.6) is 5.75 Å². The van der Waals surface area contributed by atoms with Gasteiger partial charge < -0.3 is 15.2 Å². The number of hydrogen-bond donors (Lipinski definition) is 3. The number of nitrogens with two attached hydrogens (primary N) is 1. The second kappa shape index (κ2) is 7.93. The van der Waals surface area contributed by atoms with Crippen molar-refractivity contribution in [3.63, 3.8) is 0 Å². The van der Waals surface area contributed by atoms with Gasteiger partial charge in [0, 0.05) is 19.1 Å². The number of aliphatic hydroxyl groups excluding tert-OH is 1. The maximum atomic E-state index is 12.4. The van der Waals surface area contributed by atoms with Crippen LogP contribution in [-0.4, -0.2) is 63.7 Å². The number of likely N-dealkylation sites (tertiary alicyclic amines) is 1. The minimum absolute atomic E-state index is 0.0780. The van der Waals surface area contributed by atoms with Crippen LogP contribution in [0.1, 0.15) is 23.2 Å². The molecule has 1 unspecified atom stereocenters. The normalized spacial score (nSPS) is 18.5. The molecular formula is C15H23N3O5S. The van der Waals surface area contributed by atoms with Crippen LogP contribution in [-0.2, 0) is 10.0 Å². The molecule has 0 radical (unpaired) electrons. The summed E-state index contributed by atoms with van der Waals surface area (Å²) in [6.45, 7) is 1.96. The Labute approximate surface area is 141 Å². The molecule has 0 bridgehead atoms. The summed E-state index contributed by atoms with van der Waals surface area (Å²) in [5, 5.41) is 17.0. The van der Waals surface area contributed by atoms with Crippen LogP contribution in [0.15, 0.2) is 23.1 Å². The zero-order valence-corrected chi connectivity index (χ0v) is 14.4. The number of carbonyl (C=O) groups excluding carboxylic acids is 1. The summed E-state index contributed by atoms with van der Waals surface area (Å²) in [7, 11) is -2.50. The fraction of sp³-hybridized carbons (Fsp3) is 0.533. The molecule has 1 aromatic carbocycles. The second-order valence-corrected chi connectivity index (χ2v) is 7.23. The molecule has 1 fully saturated rings. The minimum Gasteiger partial charge on any atom is -0.496 e. The van der Waals surface area contributed by atoms with Crippen LogP contribution < -0.4 is 15.2 Å². The van der Waals surface area contributed by atoms with E-state index in [2.05, 4.69) is 10.2 Å². The Morgan fingerprint density at radius 3 is 2.88 bits per heavy atom. The van der Waals surface area contributed by atoms with Gasteiger partial charge in [-0.3, -0.25) is 9.69 Å². The molecule has 1 saturated heterocycles. The Hall–Kier alpha value is -1.68. The maximum Gasteiger partial charge on any atom is 0.255 e. The Morgan fingerprint density at radius 2 is 2.25 bits per heavy atom. The summed E-state index contributed by atoms with van der Waals surface area (Å²) < 4.78 is 28.1. The first-order chi connectivity index (χ1) is 11.4. The molecule has 1 atom stereocenters. The van der Waals surface area contributed by atoms with E-state index in [1.165, 1.54) is 25.3 Å². The highest BCUT2D eigenvalue weighted by molar-refractivity contribution is 7.89. The van der Waals surface area contributed by atoms with Gasteiger partial charge in [0.05, 0.1) is 24.2 Å². The van der Waals surface area contributed by atoms with Gasteiger partial charge >= 0.3 is 0 Å². The first kappa shape index (κ1) is 18.7. The monoisotopic (exact) mass is 357 g/mol. The topological polar surface area (TPSA) is 122 Å². The van der Waals surface area contributed by atoms with E-state index in [1.807, 2.05) is 0 Å². The van der Waals surface area contributed by atoms with Crippen LogP contribution in [0.4, 0.5) is 0 Å². The third-order valence-corrected chi connectivity index (χ3v) is 5.04. The number of nitrogens with one attached hydrogen (secondary N) is 1. The lowest BCUT2D eigenvalue weighted by atomic mass is 10.1. The molecule has 0 spiro atoms. The summed E-state index contributed by atoms with van der Waals surface area (Å²) in [6, 6.07) is 4.07. The van der Waals surface area contributed by atoms with E-state index >= 15 is 0 Å². The fourth-order valence-corrected chi connectivity index (χ4v) is 3.44. The molecule has 1 aliphatic heterocycles. The molecular weight excluding hydrogens is 334 g/mol. The molecule has 24 heavy (non-hydrogen) atoms. The number of methoxy groups -OCH3 is 1. The molecule has 1 amide bonds. The van der Waals surface area contributed by atoms with E-state index in [9.17, 15) is 13.2 Å². The van der Waals surface area contributed by atoms with Gasteiger partial charge in [0.2, 0.25) is 10.0 Å². The maximum absolute atomic E-state index is 12.4. The number of sulfonamides is 1. The Morgan fingerprint density at radius 1 is 1.50 bits per heavy atom. The molecule has 1 heterocycles. The predicted octanol–water partition coefficient (Wildman–Crippen LogP) is -0.471. The van der Waals surface area contributed by atoms with Crippen LogP contribution in [0, 0.1) is 0 Å². The van der Waals surface area contributed by atoms with Crippen molar-refractivity contribution in [3.8, 4) is 5.75 Å². The van der Waals surface area contributed by atoms with Crippen molar-refractivity contribution in [2.45, 2.75) is 23.8 Å². The van der Waals surface area contributed by atoms with Crippen molar-refractivity contribution in [1.82, 2.24) is 10.2 Å². The number of rotatable bonds is 7. The lowest BCUT2D eigenvalue weighted by Crippen LogP contribution is -2.41. The van der Waals surface area contributed by atoms with E-state index in [-0.39, 0.29) is 28.9 Å². The van der Waals surface area contributed by atoms with Crippen molar-refractivity contribution in [1.29, 1.82) is 0 Å². The molecule has 1 aliphatic rings. The molecule has 0 aromatic heterocycles. The van der Waals surface area contributed by atoms with Gasteiger partial charge in [0.1, 0.15) is 5.75 Å². The summed E-state index contributed by atoms with van der Waals surface area (Å²) in [5.41, 5.74) is 0.121. The van der Waals surface area contributed by atoms with Crippen molar-refractivity contribution in [2.75, 3.05) is 33.4 Å². The van der Waals surface area contributed by atoms with E-state index < -0.39 is 15.9 Å². The Kier molecular flexibility index (Phi) is 6.16. The number of aliphatic hydroxyl groups is 1. The van der Waals surface area contributed by atoms with Gasteiger partial charge in [-0.05, 0) is 37.6 Å². The van der Waals surface area contributed by atoms with Crippen molar-refractivity contribution >= 4 is 15.9 Å². The number of nitrogens with zero attached hydrogens (tertiary/aromatic N) is 1. The predicted molar refractivity (Wildman–Crippen MR) is 88.4 cm³/mol. The number of β-amino-alcohol motifs (C(OH)–C–C–N with tert-alkyl or cyclic N) is 1. The van der Waals surface area contributed by atoms with E-state index in [0.29, 0.717) is 13.1 Å². The lowest BCUT2D eigenvalue weighted by molar-refractivity contribution is 0.0934. The number of ether oxygens (including phenoxy) is 1. The standard InChI is InChI=1S/C15H23N3O5S/c1-23-14-5-4-12(24(16,21)22)9-13(14)15(20)17-10-11-3-2-6-18(11)7-8-19/h4-5,9,11,19H,2-3,6-8,10H2,1H3,(H,17,20)(H2,16,21,22). The number of benzene rings is 1. The van der Waals surface area contributed by atoms with Gasteiger partial charge in [0.15, 0.2) is 0 Å². The summed E-state index contributed by atoms with van der Waals surface area (Å²) in [5.74, 6) is -0.147. The van der Waals surface area contributed by atoms with Gasteiger partial charge in [-0.25, -0.2) is 13.6 Å². The van der Waals surface area contributed by atoms with E-state index in [0.717, 1.165) is 19.4 Å².